The first-order chi connectivity index (χ1) is 7.00. The molecule has 0 unspecified atom stereocenters. The second kappa shape index (κ2) is 5.47. The molecule has 88 valence electrons. The van der Waals surface area contributed by atoms with Gasteiger partial charge in [-0.2, -0.15) is 0 Å². The number of likely N-dealkylation sites (tertiary alicyclic amines) is 1. The smallest absolute Gasteiger partial charge is 0.317 e. The first-order valence-electron chi connectivity index (χ1n) is 5.66. The maximum absolute atomic E-state index is 10.5. The lowest BCUT2D eigenvalue weighted by atomic mass is 10.0. The van der Waals surface area contributed by atoms with Gasteiger partial charge in [-0.3, -0.25) is 9.69 Å². The minimum absolute atomic E-state index is 0.193. The molecule has 0 bridgehead atoms. The van der Waals surface area contributed by atoms with Crippen LogP contribution >= 0.6 is 0 Å². The maximum Gasteiger partial charge on any atom is 0.317 e. The van der Waals surface area contributed by atoms with Crippen LogP contribution in [0, 0.1) is 0 Å². The molecule has 4 heteroatoms. The van der Waals surface area contributed by atoms with Gasteiger partial charge >= 0.3 is 5.97 Å². The Morgan fingerprint density at radius 1 is 1.47 bits per heavy atom. The zero-order valence-corrected chi connectivity index (χ0v) is 9.94. The fourth-order valence-corrected chi connectivity index (χ4v) is 2.10. The second-order valence-electron chi connectivity index (χ2n) is 4.66. The van der Waals surface area contributed by atoms with Crippen LogP contribution in [-0.4, -0.2) is 59.6 Å². The summed E-state index contributed by atoms with van der Waals surface area (Å²) < 4.78 is 0. The average Bonchev–Trinajstić information content (AvgIpc) is 2.17. The molecule has 1 heterocycles. The molecule has 1 rings (SSSR count). The Morgan fingerprint density at radius 3 is 2.40 bits per heavy atom. The Morgan fingerprint density at radius 2 is 2.00 bits per heavy atom. The predicted octanol–water partition coefficient (Wildman–Crippen LogP) is 0.876. The number of piperidine rings is 1. The van der Waals surface area contributed by atoms with Gasteiger partial charge in [0.1, 0.15) is 0 Å². The normalized spacial score (nSPS) is 20.1. The Bertz CT molecular complexity index is 211. The maximum atomic E-state index is 10.5. The van der Waals surface area contributed by atoms with Gasteiger partial charge in [0.15, 0.2) is 0 Å². The number of carboxylic acids is 1. The minimum atomic E-state index is -0.717. The highest BCUT2D eigenvalue weighted by molar-refractivity contribution is 5.69. The lowest BCUT2D eigenvalue weighted by molar-refractivity contribution is -0.138. The molecule has 1 aliphatic heterocycles. The summed E-state index contributed by atoms with van der Waals surface area (Å²) in [4.78, 5) is 14.9. The van der Waals surface area contributed by atoms with Crippen molar-refractivity contribution < 1.29 is 9.90 Å². The third-order valence-corrected chi connectivity index (χ3v) is 3.31. The summed E-state index contributed by atoms with van der Waals surface area (Å²) in [5, 5.41) is 8.68. The van der Waals surface area contributed by atoms with Crippen molar-refractivity contribution >= 4 is 5.97 Å². The highest BCUT2D eigenvalue weighted by Gasteiger charge is 2.24. The zero-order valence-electron chi connectivity index (χ0n) is 9.94. The SMILES string of the molecule is CC(C)N(C)C1CCN(CC(=O)O)CC1. The van der Waals surface area contributed by atoms with Gasteiger partial charge in [0.2, 0.25) is 0 Å². The van der Waals surface area contributed by atoms with E-state index in [2.05, 4.69) is 25.8 Å². The van der Waals surface area contributed by atoms with E-state index < -0.39 is 5.97 Å². The molecular weight excluding hydrogens is 192 g/mol. The standard InChI is InChI=1S/C11H22N2O2/c1-9(2)12(3)10-4-6-13(7-5-10)8-11(14)15/h9-10H,4-8H2,1-3H3,(H,14,15). The van der Waals surface area contributed by atoms with Gasteiger partial charge in [-0.15, -0.1) is 0 Å². The van der Waals surface area contributed by atoms with Crippen LogP contribution in [0.3, 0.4) is 0 Å². The Hall–Kier alpha value is -0.610. The molecule has 15 heavy (non-hydrogen) atoms. The quantitative estimate of drug-likeness (QED) is 0.754. The molecule has 4 nitrogen and oxygen atoms in total. The van der Waals surface area contributed by atoms with Gasteiger partial charge in [-0.1, -0.05) is 0 Å². The van der Waals surface area contributed by atoms with E-state index in [1.807, 2.05) is 4.90 Å². The molecule has 0 spiro atoms. The van der Waals surface area contributed by atoms with E-state index in [4.69, 9.17) is 5.11 Å². The zero-order chi connectivity index (χ0) is 11.4. The molecular formula is C11H22N2O2. The fraction of sp³-hybridized carbons (Fsp3) is 0.909. The molecule has 0 amide bonds. The third-order valence-electron chi connectivity index (χ3n) is 3.31. The number of hydrogen-bond donors (Lipinski definition) is 1. The van der Waals surface area contributed by atoms with Crippen LogP contribution in [0.25, 0.3) is 0 Å². The summed E-state index contributed by atoms with van der Waals surface area (Å²) in [6, 6.07) is 1.19. The van der Waals surface area contributed by atoms with Crippen molar-refractivity contribution in [2.24, 2.45) is 0 Å². The van der Waals surface area contributed by atoms with Crippen LogP contribution < -0.4 is 0 Å². The minimum Gasteiger partial charge on any atom is -0.480 e. The van der Waals surface area contributed by atoms with Crippen LogP contribution in [0.1, 0.15) is 26.7 Å². The average molecular weight is 214 g/mol. The molecule has 0 aromatic carbocycles. The van der Waals surface area contributed by atoms with E-state index in [0.29, 0.717) is 12.1 Å². The molecule has 0 atom stereocenters. The van der Waals surface area contributed by atoms with Gasteiger partial charge < -0.3 is 10.0 Å². The number of nitrogens with zero attached hydrogens (tertiary/aromatic N) is 2. The predicted molar refractivity (Wildman–Crippen MR) is 60.0 cm³/mol. The summed E-state index contributed by atoms with van der Waals surface area (Å²) in [5.74, 6) is -0.717. The number of hydrogen-bond acceptors (Lipinski definition) is 3. The van der Waals surface area contributed by atoms with E-state index in [-0.39, 0.29) is 6.54 Å². The van der Waals surface area contributed by atoms with E-state index in [1.54, 1.807) is 0 Å². The van der Waals surface area contributed by atoms with Crippen molar-refractivity contribution in [3.8, 4) is 0 Å². The van der Waals surface area contributed by atoms with Gasteiger partial charge in [-0.25, -0.2) is 0 Å². The van der Waals surface area contributed by atoms with Crippen molar-refractivity contribution in [1.82, 2.24) is 9.80 Å². The van der Waals surface area contributed by atoms with E-state index in [1.165, 1.54) is 0 Å². The van der Waals surface area contributed by atoms with Crippen LogP contribution in [0.5, 0.6) is 0 Å². The molecule has 1 saturated heterocycles. The van der Waals surface area contributed by atoms with E-state index in [9.17, 15) is 4.79 Å². The summed E-state index contributed by atoms with van der Waals surface area (Å²) in [5.41, 5.74) is 0. The Kier molecular flexibility index (Phi) is 4.54. The van der Waals surface area contributed by atoms with Crippen molar-refractivity contribution in [2.45, 2.75) is 38.8 Å². The van der Waals surface area contributed by atoms with Crippen molar-refractivity contribution in [2.75, 3.05) is 26.7 Å². The highest BCUT2D eigenvalue weighted by Crippen LogP contribution is 2.16. The van der Waals surface area contributed by atoms with Crippen LogP contribution in [0.15, 0.2) is 0 Å². The third kappa shape index (κ3) is 3.80. The Labute approximate surface area is 91.9 Å². The molecule has 1 fully saturated rings. The molecule has 0 aromatic rings. The van der Waals surface area contributed by atoms with Gasteiger partial charge in [0.25, 0.3) is 0 Å². The van der Waals surface area contributed by atoms with Crippen LogP contribution in [0.4, 0.5) is 0 Å². The molecule has 1 N–H and O–H groups in total. The first-order valence-corrected chi connectivity index (χ1v) is 5.66. The van der Waals surface area contributed by atoms with Gasteiger partial charge in [-0.05, 0) is 33.7 Å². The molecule has 0 aliphatic carbocycles. The summed E-state index contributed by atoms with van der Waals surface area (Å²) >= 11 is 0. The van der Waals surface area contributed by atoms with Crippen molar-refractivity contribution in [1.29, 1.82) is 0 Å². The number of carbonyl (C=O) groups is 1. The van der Waals surface area contributed by atoms with Crippen molar-refractivity contribution in [3.63, 3.8) is 0 Å². The Balaban J connectivity index is 2.32. The number of rotatable bonds is 4. The molecule has 0 radical (unpaired) electrons. The first kappa shape index (κ1) is 12.5. The lowest BCUT2D eigenvalue weighted by Gasteiger charge is -2.38. The summed E-state index contributed by atoms with van der Waals surface area (Å²) in [6.45, 7) is 6.41. The molecule has 0 aromatic heterocycles. The topological polar surface area (TPSA) is 43.8 Å². The second-order valence-corrected chi connectivity index (χ2v) is 4.66. The molecule has 0 saturated carbocycles. The van der Waals surface area contributed by atoms with Crippen molar-refractivity contribution in [3.05, 3.63) is 0 Å². The van der Waals surface area contributed by atoms with Gasteiger partial charge in [0, 0.05) is 25.2 Å². The lowest BCUT2D eigenvalue weighted by Crippen LogP contribution is -2.46. The summed E-state index contributed by atoms with van der Waals surface area (Å²) in [6.07, 6.45) is 2.17. The highest BCUT2D eigenvalue weighted by atomic mass is 16.4. The van der Waals surface area contributed by atoms with E-state index >= 15 is 0 Å². The van der Waals surface area contributed by atoms with E-state index in [0.717, 1.165) is 25.9 Å². The van der Waals surface area contributed by atoms with Crippen LogP contribution in [-0.2, 0) is 4.79 Å². The monoisotopic (exact) mass is 214 g/mol. The number of carboxylic acid groups (broad SMARTS) is 1. The number of aliphatic carboxylic acids is 1. The van der Waals surface area contributed by atoms with Gasteiger partial charge in [0.05, 0.1) is 6.54 Å². The molecule has 1 aliphatic rings. The largest absolute Gasteiger partial charge is 0.480 e. The fourth-order valence-electron chi connectivity index (χ4n) is 2.10. The summed E-state index contributed by atoms with van der Waals surface area (Å²) in [7, 11) is 2.15. The van der Waals surface area contributed by atoms with Crippen LogP contribution in [0.2, 0.25) is 0 Å².